The Balaban J connectivity index is 2.07. The zero-order chi connectivity index (χ0) is 16.3. The number of aromatic nitrogens is 2. The molecule has 2 heterocycles. The SMILES string of the molecule is Cc1ccnc(CC(C)N(C)C(=O)C(=O)c2cccn2C)c1. The van der Waals surface area contributed by atoms with Gasteiger partial charge in [0.2, 0.25) is 0 Å². The largest absolute Gasteiger partial charge is 0.348 e. The van der Waals surface area contributed by atoms with E-state index in [0.29, 0.717) is 12.1 Å². The highest BCUT2D eigenvalue weighted by Gasteiger charge is 2.25. The monoisotopic (exact) mass is 299 g/mol. The van der Waals surface area contributed by atoms with Crippen molar-refractivity contribution < 1.29 is 9.59 Å². The Hall–Kier alpha value is -2.43. The van der Waals surface area contributed by atoms with Crippen LogP contribution in [-0.4, -0.2) is 39.2 Å². The van der Waals surface area contributed by atoms with Crippen molar-refractivity contribution in [2.75, 3.05) is 7.05 Å². The molecule has 0 aliphatic heterocycles. The standard InChI is InChI=1S/C17H21N3O2/c1-12-7-8-18-14(10-12)11-13(2)20(4)17(22)16(21)15-6-5-9-19(15)3/h5-10,13H,11H2,1-4H3. The van der Waals surface area contributed by atoms with Crippen LogP contribution < -0.4 is 0 Å². The van der Waals surface area contributed by atoms with Crippen molar-refractivity contribution in [2.24, 2.45) is 7.05 Å². The molecule has 5 nitrogen and oxygen atoms in total. The number of likely N-dealkylation sites (N-methyl/N-ethyl adjacent to an activating group) is 1. The first kappa shape index (κ1) is 15.9. The molecule has 0 aliphatic carbocycles. The van der Waals surface area contributed by atoms with Crippen molar-refractivity contribution in [3.05, 3.63) is 53.6 Å². The second-order valence-corrected chi connectivity index (χ2v) is 5.63. The molecule has 5 heteroatoms. The number of carbonyl (C=O) groups is 2. The van der Waals surface area contributed by atoms with Crippen LogP contribution in [0.5, 0.6) is 0 Å². The Morgan fingerprint density at radius 1 is 1.36 bits per heavy atom. The number of nitrogens with zero attached hydrogens (tertiary/aromatic N) is 3. The zero-order valence-electron chi connectivity index (χ0n) is 13.4. The van der Waals surface area contributed by atoms with Gasteiger partial charge in [0.25, 0.3) is 11.7 Å². The van der Waals surface area contributed by atoms with Gasteiger partial charge in [-0.15, -0.1) is 0 Å². The first-order chi connectivity index (χ1) is 10.4. The topological polar surface area (TPSA) is 55.2 Å². The van der Waals surface area contributed by atoms with E-state index in [1.165, 1.54) is 4.90 Å². The highest BCUT2D eigenvalue weighted by atomic mass is 16.2. The Kier molecular flexibility index (Phi) is 4.75. The summed E-state index contributed by atoms with van der Waals surface area (Å²) in [5.41, 5.74) is 2.45. The molecule has 116 valence electrons. The number of hydrogen-bond donors (Lipinski definition) is 0. The second kappa shape index (κ2) is 6.56. The van der Waals surface area contributed by atoms with E-state index in [1.807, 2.05) is 26.0 Å². The fourth-order valence-electron chi connectivity index (χ4n) is 2.32. The van der Waals surface area contributed by atoms with Gasteiger partial charge < -0.3 is 9.47 Å². The number of ketones is 1. The van der Waals surface area contributed by atoms with Gasteiger partial charge in [-0.1, -0.05) is 0 Å². The van der Waals surface area contributed by atoms with Gasteiger partial charge in [-0.3, -0.25) is 14.6 Å². The molecule has 0 radical (unpaired) electrons. The molecule has 2 aromatic rings. The number of rotatable bonds is 5. The van der Waals surface area contributed by atoms with Crippen LogP contribution in [0.3, 0.4) is 0 Å². The summed E-state index contributed by atoms with van der Waals surface area (Å²) in [6.45, 7) is 3.92. The number of Topliss-reactive ketones (excluding diaryl/α,β-unsaturated/α-hetero) is 1. The van der Waals surface area contributed by atoms with Gasteiger partial charge in [0, 0.05) is 44.6 Å². The van der Waals surface area contributed by atoms with Crippen molar-refractivity contribution in [3.63, 3.8) is 0 Å². The lowest BCUT2D eigenvalue weighted by Crippen LogP contribution is -2.41. The van der Waals surface area contributed by atoms with Gasteiger partial charge in [-0.05, 0) is 43.7 Å². The maximum absolute atomic E-state index is 12.3. The normalized spacial score (nSPS) is 12.0. The molecule has 0 N–H and O–H groups in total. The Bertz CT molecular complexity index is 691. The van der Waals surface area contributed by atoms with Gasteiger partial charge in [-0.25, -0.2) is 0 Å². The van der Waals surface area contributed by atoms with E-state index in [4.69, 9.17) is 0 Å². The molecule has 2 rings (SSSR count). The summed E-state index contributed by atoms with van der Waals surface area (Å²) in [6.07, 6.45) is 4.12. The van der Waals surface area contributed by atoms with Crippen molar-refractivity contribution in [1.29, 1.82) is 0 Å². The predicted octanol–water partition coefficient (Wildman–Crippen LogP) is 2.00. The lowest BCUT2D eigenvalue weighted by Gasteiger charge is -2.24. The molecule has 0 bridgehead atoms. The summed E-state index contributed by atoms with van der Waals surface area (Å²) >= 11 is 0. The van der Waals surface area contributed by atoms with Gasteiger partial charge in [0.15, 0.2) is 0 Å². The van der Waals surface area contributed by atoms with Gasteiger partial charge in [-0.2, -0.15) is 0 Å². The quantitative estimate of drug-likeness (QED) is 0.627. The minimum Gasteiger partial charge on any atom is -0.348 e. The van der Waals surface area contributed by atoms with E-state index < -0.39 is 11.7 Å². The fraction of sp³-hybridized carbons (Fsp3) is 0.353. The first-order valence-electron chi connectivity index (χ1n) is 7.24. The third-order valence-corrected chi connectivity index (χ3v) is 3.83. The lowest BCUT2D eigenvalue weighted by atomic mass is 10.1. The van der Waals surface area contributed by atoms with Crippen molar-refractivity contribution >= 4 is 11.7 Å². The number of amides is 1. The summed E-state index contributed by atoms with van der Waals surface area (Å²) in [4.78, 5) is 30.4. The molecule has 0 saturated carbocycles. The predicted molar refractivity (Wildman–Crippen MR) is 84.7 cm³/mol. The van der Waals surface area contributed by atoms with E-state index in [9.17, 15) is 9.59 Å². The molecule has 0 aliphatic rings. The first-order valence-corrected chi connectivity index (χ1v) is 7.24. The number of pyridine rings is 1. The molecule has 0 spiro atoms. The Morgan fingerprint density at radius 3 is 2.68 bits per heavy atom. The van der Waals surface area contributed by atoms with Crippen LogP contribution in [-0.2, 0) is 18.3 Å². The molecule has 0 saturated heterocycles. The molecule has 1 amide bonds. The highest BCUT2D eigenvalue weighted by molar-refractivity contribution is 6.42. The minimum atomic E-state index is -0.498. The van der Waals surface area contributed by atoms with E-state index in [2.05, 4.69) is 4.98 Å². The molecule has 2 aromatic heterocycles. The number of carbonyl (C=O) groups excluding carboxylic acids is 2. The molecular weight excluding hydrogens is 278 g/mol. The molecule has 22 heavy (non-hydrogen) atoms. The summed E-state index contributed by atoms with van der Waals surface area (Å²) in [6, 6.07) is 7.23. The van der Waals surface area contributed by atoms with Crippen molar-refractivity contribution in [3.8, 4) is 0 Å². The summed E-state index contributed by atoms with van der Waals surface area (Å²) in [7, 11) is 3.41. The number of aryl methyl sites for hydroxylation is 2. The smallest absolute Gasteiger partial charge is 0.296 e. The maximum atomic E-state index is 12.3. The second-order valence-electron chi connectivity index (χ2n) is 5.63. The Labute approximate surface area is 130 Å². The van der Waals surface area contributed by atoms with Gasteiger partial charge in [0.1, 0.15) is 0 Å². The zero-order valence-corrected chi connectivity index (χ0v) is 13.4. The summed E-state index contributed by atoms with van der Waals surface area (Å²) in [5.74, 6) is -0.985. The molecule has 1 atom stereocenters. The molecular formula is C17H21N3O2. The van der Waals surface area contributed by atoms with Crippen molar-refractivity contribution in [2.45, 2.75) is 26.3 Å². The van der Waals surface area contributed by atoms with Crippen LogP contribution in [0.2, 0.25) is 0 Å². The van der Waals surface area contributed by atoms with Gasteiger partial charge in [0.05, 0.1) is 5.69 Å². The average molecular weight is 299 g/mol. The van der Waals surface area contributed by atoms with Crippen molar-refractivity contribution in [1.82, 2.24) is 14.5 Å². The van der Waals surface area contributed by atoms with E-state index >= 15 is 0 Å². The third kappa shape index (κ3) is 3.42. The van der Waals surface area contributed by atoms with E-state index in [-0.39, 0.29) is 6.04 Å². The molecule has 1 unspecified atom stereocenters. The van der Waals surface area contributed by atoms with Crippen LogP contribution in [0, 0.1) is 6.92 Å². The van der Waals surface area contributed by atoms with Crippen LogP contribution in [0.4, 0.5) is 0 Å². The van der Waals surface area contributed by atoms with Crippen LogP contribution in [0.15, 0.2) is 36.7 Å². The maximum Gasteiger partial charge on any atom is 0.296 e. The minimum absolute atomic E-state index is 0.106. The highest BCUT2D eigenvalue weighted by Crippen LogP contribution is 2.10. The van der Waals surface area contributed by atoms with Crippen LogP contribution in [0.25, 0.3) is 0 Å². The Morgan fingerprint density at radius 2 is 2.09 bits per heavy atom. The van der Waals surface area contributed by atoms with Crippen LogP contribution in [0.1, 0.15) is 28.7 Å². The lowest BCUT2D eigenvalue weighted by molar-refractivity contribution is -0.126. The fourth-order valence-corrected chi connectivity index (χ4v) is 2.32. The van der Waals surface area contributed by atoms with Crippen LogP contribution >= 0.6 is 0 Å². The number of hydrogen-bond acceptors (Lipinski definition) is 3. The van der Waals surface area contributed by atoms with E-state index in [0.717, 1.165) is 11.3 Å². The average Bonchev–Trinajstić information content (AvgIpc) is 2.91. The third-order valence-electron chi connectivity index (χ3n) is 3.83. The molecule has 0 fully saturated rings. The summed E-state index contributed by atoms with van der Waals surface area (Å²) in [5, 5.41) is 0. The summed E-state index contributed by atoms with van der Waals surface area (Å²) < 4.78 is 1.65. The van der Waals surface area contributed by atoms with E-state index in [1.54, 1.807) is 43.2 Å². The molecule has 0 aromatic carbocycles. The van der Waals surface area contributed by atoms with Gasteiger partial charge >= 0.3 is 0 Å².